The van der Waals surface area contributed by atoms with Crippen LogP contribution in [0.15, 0.2) is 23.1 Å². The van der Waals surface area contributed by atoms with Gasteiger partial charge in [0.15, 0.2) is 11.6 Å². The fourth-order valence-electron chi connectivity index (χ4n) is 1.44. The molecule has 0 spiro atoms. The van der Waals surface area contributed by atoms with Crippen molar-refractivity contribution in [1.82, 2.24) is 5.32 Å². The second kappa shape index (κ2) is 8.12. The summed E-state index contributed by atoms with van der Waals surface area (Å²) in [6.07, 6.45) is 0.807. The average molecular weight is 289 g/mol. The zero-order valence-corrected chi connectivity index (χ0v) is 11.5. The number of thioether (sulfide) groups is 1. The number of carbonyl (C=O) groups is 1. The molecule has 3 nitrogen and oxygen atoms in total. The van der Waals surface area contributed by atoms with E-state index in [1.807, 2.05) is 6.92 Å². The van der Waals surface area contributed by atoms with Crippen LogP contribution in [-0.2, 0) is 4.79 Å². The molecule has 1 rings (SSSR count). The van der Waals surface area contributed by atoms with Crippen LogP contribution >= 0.6 is 11.8 Å². The van der Waals surface area contributed by atoms with Crippen molar-refractivity contribution in [2.45, 2.75) is 30.7 Å². The molecule has 0 bridgehead atoms. The topological polar surface area (TPSA) is 49.3 Å². The minimum Gasteiger partial charge on any atom is -0.396 e. The molecule has 106 valence electrons. The number of amides is 1. The van der Waals surface area contributed by atoms with E-state index in [1.54, 1.807) is 0 Å². The Hall–Kier alpha value is -1.14. The number of aliphatic hydroxyl groups excluding tert-OH is 1. The van der Waals surface area contributed by atoms with E-state index in [0.29, 0.717) is 23.5 Å². The highest BCUT2D eigenvalue weighted by Crippen LogP contribution is 2.20. The van der Waals surface area contributed by atoms with Crippen LogP contribution in [0.3, 0.4) is 0 Å². The quantitative estimate of drug-likeness (QED) is 0.757. The van der Waals surface area contributed by atoms with Crippen LogP contribution in [0.5, 0.6) is 0 Å². The van der Waals surface area contributed by atoms with E-state index in [-0.39, 0.29) is 18.6 Å². The minimum atomic E-state index is -0.883. The molecule has 1 aromatic carbocycles. The molecule has 19 heavy (non-hydrogen) atoms. The number of rotatable bonds is 7. The van der Waals surface area contributed by atoms with Gasteiger partial charge in [-0.25, -0.2) is 8.78 Å². The van der Waals surface area contributed by atoms with Gasteiger partial charge < -0.3 is 10.4 Å². The van der Waals surface area contributed by atoms with Crippen LogP contribution in [0.4, 0.5) is 8.78 Å². The zero-order valence-electron chi connectivity index (χ0n) is 10.7. The molecule has 0 aliphatic heterocycles. The van der Waals surface area contributed by atoms with Gasteiger partial charge in [-0.1, -0.05) is 0 Å². The molecule has 0 aromatic heterocycles. The van der Waals surface area contributed by atoms with Crippen molar-refractivity contribution >= 4 is 17.7 Å². The summed E-state index contributed by atoms with van der Waals surface area (Å²) in [5.74, 6) is -1.38. The van der Waals surface area contributed by atoms with Gasteiger partial charge in [0.25, 0.3) is 0 Å². The van der Waals surface area contributed by atoms with E-state index >= 15 is 0 Å². The fraction of sp³-hybridized carbons (Fsp3) is 0.462. The summed E-state index contributed by atoms with van der Waals surface area (Å²) in [5, 5.41) is 11.4. The van der Waals surface area contributed by atoms with Gasteiger partial charge in [0, 0.05) is 29.7 Å². The predicted molar refractivity (Wildman–Crippen MR) is 71.0 cm³/mol. The summed E-state index contributed by atoms with van der Waals surface area (Å²) >= 11 is 1.30. The van der Waals surface area contributed by atoms with Crippen LogP contribution in [0.2, 0.25) is 0 Å². The molecular formula is C13H17F2NO2S. The second-order valence-corrected chi connectivity index (χ2v) is 5.32. The van der Waals surface area contributed by atoms with Crippen LogP contribution in [0.1, 0.15) is 19.8 Å². The van der Waals surface area contributed by atoms with E-state index < -0.39 is 11.6 Å². The summed E-state index contributed by atoms with van der Waals surface area (Å²) in [5.41, 5.74) is 0. The standard InChI is InChI=1S/C13H17F2NO2S/c1-9(4-6-17)16-13(18)5-7-19-10-2-3-11(14)12(15)8-10/h2-3,8-9,17H,4-7H2,1H3,(H,16,18). The highest BCUT2D eigenvalue weighted by Gasteiger charge is 2.07. The number of aliphatic hydroxyl groups is 1. The van der Waals surface area contributed by atoms with Crippen molar-refractivity contribution in [2.75, 3.05) is 12.4 Å². The Balaban J connectivity index is 2.29. The van der Waals surface area contributed by atoms with Crippen molar-refractivity contribution in [3.8, 4) is 0 Å². The van der Waals surface area contributed by atoms with Crippen molar-refractivity contribution in [3.63, 3.8) is 0 Å². The first-order valence-electron chi connectivity index (χ1n) is 6.01. The Kier molecular flexibility index (Phi) is 6.80. The molecule has 1 atom stereocenters. The van der Waals surface area contributed by atoms with E-state index in [2.05, 4.69) is 5.32 Å². The Labute approximate surface area is 115 Å². The van der Waals surface area contributed by atoms with Gasteiger partial charge in [-0.2, -0.15) is 0 Å². The first-order chi connectivity index (χ1) is 9.02. The third kappa shape index (κ3) is 6.02. The van der Waals surface area contributed by atoms with E-state index in [9.17, 15) is 13.6 Å². The van der Waals surface area contributed by atoms with Crippen molar-refractivity contribution in [2.24, 2.45) is 0 Å². The van der Waals surface area contributed by atoms with Gasteiger partial charge in [0.1, 0.15) is 0 Å². The van der Waals surface area contributed by atoms with Crippen molar-refractivity contribution in [3.05, 3.63) is 29.8 Å². The molecule has 2 N–H and O–H groups in total. The highest BCUT2D eigenvalue weighted by atomic mass is 32.2. The lowest BCUT2D eigenvalue weighted by atomic mass is 10.2. The van der Waals surface area contributed by atoms with Crippen molar-refractivity contribution in [1.29, 1.82) is 0 Å². The number of halogens is 2. The molecule has 1 aromatic rings. The van der Waals surface area contributed by atoms with Gasteiger partial charge >= 0.3 is 0 Å². The zero-order chi connectivity index (χ0) is 14.3. The van der Waals surface area contributed by atoms with Crippen LogP contribution in [0.25, 0.3) is 0 Å². The average Bonchev–Trinajstić information content (AvgIpc) is 2.34. The van der Waals surface area contributed by atoms with Crippen molar-refractivity contribution < 1.29 is 18.7 Å². The van der Waals surface area contributed by atoms with Crippen LogP contribution in [-0.4, -0.2) is 29.4 Å². The lowest BCUT2D eigenvalue weighted by Crippen LogP contribution is -2.33. The molecule has 1 amide bonds. The maximum absolute atomic E-state index is 12.9. The molecule has 0 heterocycles. The van der Waals surface area contributed by atoms with E-state index in [4.69, 9.17) is 5.11 Å². The summed E-state index contributed by atoms with van der Waals surface area (Å²) < 4.78 is 25.6. The van der Waals surface area contributed by atoms with E-state index in [1.165, 1.54) is 17.8 Å². The van der Waals surface area contributed by atoms with Gasteiger partial charge in [0.05, 0.1) is 0 Å². The van der Waals surface area contributed by atoms with Gasteiger partial charge in [0.2, 0.25) is 5.91 Å². The number of hydrogen-bond acceptors (Lipinski definition) is 3. The summed E-state index contributed by atoms with van der Waals surface area (Å²) in [7, 11) is 0. The predicted octanol–water partition coefficient (Wildman–Crippen LogP) is 2.33. The second-order valence-electron chi connectivity index (χ2n) is 4.16. The monoisotopic (exact) mass is 289 g/mol. The number of carbonyl (C=O) groups excluding carboxylic acids is 1. The Morgan fingerprint density at radius 2 is 2.16 bits per heavy atom. The van der Waals surface area contributed by atoms with Gasteiger partial charge in [-0.15, -0.1) is 11.8 Å². The molecule has 0 aliphatic rings. The van der Waals surface area contributed by atoms with Crippen LogP contribution in [0, 0.1) is 11.6 Å². The smallest absolute Gasteiger partial charge is 0.221 e. The SMILES string of the molecule is CC(CCO)NC(=O)CCSc1ccc(F)c(F)c1. The maximum Gasteiger partial charge on any atom is 0.221 e. The Bertz CT molecular complexity index is 429. The third-order valence-electron chi connectivity index (χ3n) is 2.46. The van der Waals surface area contributed by atoms with Gasteiger partial charge in [-0.05, 0) is 31.5 Å². The Morgan fingerprint density at radius 3 is 2.79 bits per heavy atom. The normalized spacial score (nSPS) is 12.2. The molecule has 1 unspecified atom stereocenters. The van der Waals surface area contributed by atoms with Crippen LogP contribution < -0.4 is 5.32 Å². The molecule has 0 saturated carbocycles. The molecule has 0 radical (unpaired) electrons. The number of nitrogens with one attached hydrogen (secondary N) is 1. The summed E-state index contributed by atoms with van der Waals surface area (Å²) in [6.45, 7) is 1.85. The molecule has 0 saturated heterocycles. The first kappa shape index (κ1) is 15.9. The minimum absolute atomic E-state index is 0.0328. The Morgan fingerprint density at radius 1 is 1.42 bits per heavy atom. The summed E-state index contributed by atoms with van der Waals surface area (Å²) in [6, 6.07) is 3.61. The number of hydrogen-bond donors (Lipinski definition) is 2. The maximum atomic E-state index is 12.9. The first-order valence-corrected chi connectivity index (χ1v) is 6.99. The number of benzene rings is 1. The largest absolute Gasteiger partial charge is 0.396 e. The highest BCUT2D eigenvalue weighted by molar-refractivity contribution is 7.99. The molecule has 0 fully saturated rings. The van der Waals surface area contributed by atoms with E-state index in [0.717, 1.165) is 12.1 Å². The third-order valence-corrected chi connectivity index (χ3v) is 3.45. The van der Waals surface area contributed by atoms with Gasteiger partial charge in [-0.3, -0.25) is 4.79 Å². The summed E-state index contributed by atoms with van der Waals surface area (Å²) in [4.78, 5) is 12.1. The molecule has 0 aliphatic carbocycles. The fourth-order valence-corrected chi connectivity index (χ4v) is 2.32. The molecule has 6 heteroatoms. The molecular weight excluding hydrogens is 272 g/mol. The lowest BCUT2D eigenvalue weighted by molar-refractivity contribution is -0.121. The lowest BCUT2D eigenvalue weighted by Gasteiger charge is -2.12.